The second-order valence-corrected chi connectivity index (χ2v) is 8.39. The van der Waals surface area contributed by atoms with Crippen molar-refractivity contribution >= 4 is 11.9 Å². The van der Waals surface area contributed by atoms with Crippen molar-refractivity contribution < 1.29 is 14.7 Å². The fourth-order valence-electron chi connectivity index (χ4n) is 4.34. The molecule has 1 saturated heterocycles. The summed E-state index contributed by atoms with van der Waals surface area (Å²) in [6.07, 6.45) is 1.69. The third-order valence-corrected chi connectivity index (χ3v) is 6.10. The van der Waals surface area contributed by atoms with Crippen LogP contribution in [0, 0.1) is 6.92 Å². The Kier molecular flexibility index (Phi) is 6.66. The van der Waals surface area contributed by atoms with Crippen molar-refractivity contribution in [1.82, 2.24) is 10.2 Å². The Morgan fingerprint density at radius 1 is 0.938 bits per heavy atom. The molecule has 4 rings (SSSR count). The molecule has 0 bridgehead atoms. The smallest absolute Gasteiger partial charge is 0.336 e. The molecule has 1 fully saturated rings. The van der Waals surface area contributed by atoms with Crippen LogP contribution in [0.1, 0.15) is 44.7 Å². The summed E-state index contributed by atoms with van der Waals surface area (Å²) in [5.41, 5.74) is 4.21. The molecule has 164 valence electrons. The van der Waals surface area contributed by atoms with E-state index < -0.39 is 5.97 Å². The van der Waals surface area contributed by atoms with E-state index >= 15 is 0 Å². The van der Waals surface area contributed by atoms with E-state index in [1.165, 1.54) is 5.56 Å². The van der Waals surface area contributed by atoms with Gasteiger partial charge in [0.2, 0.25) is 0 Å². The molecular weight excluding hydrogens is 400 g/mol. The average molecular weight is 429 g/mol. The van der Waals surface area contributed by atoms with Gasteiger partial charge in [0, 0.05) is 25.7 Å². The normalized spacial score (nSPS) is 14.8. The van der Waals surface area contributed by atoms with Crippen LogP contribution in [0.2, 0.25) is 0 Å². The van der Waals surface area contributed by atoms with Crippen molar-refractivity contribution in [1.29, 1.82) is 0 Å². The molecule has 2 N–H and O–H groups in total. The van der Waals surface area contributed by atoms with Gasteiger partial charge in [-0.1, -0.05) is 60.7 Å². The van der Waals surface area contributed by atoms with E-state index in [1.807, 2.05) is 55.5 Å². The number of aromatic carboxylic acids is 1. The Balaban J connectivity index is 1.46. The summed E-state index contributed by atoms with van der Waals surface area (Å²) in [4.78, 5) is 27.4. The number of hydrogen-bond acceptors (Lipinski definition) is 3. The third-order valence-electron chi connectivity index (χ3n) is 6.10. The average Bonchev–Trinajstić information content (AvgIpc) is 2.81. The minimum atomic E-state index is -1.09. The molecule has 1 amide bonds. The topological polar surface area (TPSA) is 69.6 Å². The van der Waals surface area contributed by atoms with E-state index in [9.17, 15) is 14.7 Å². The number of rotatable bonds is 6. The second kappa shape index (κ2) is 9.79. The number of likely N-dealkylation sites (tertiary alicyclic amines) is 1. The predicted octanol–water partition coefficient (Wildman–Crippen LogP) is 4.75. The molecular formula is C27H28N2O3. The Labute approximate surface area is 188 Å². The molecule has 5 nitrogen and oxygen atoms in total. The number of aryl methyl sites for hydroxylation is 1. The lowest BCUT2D eigenvalue weighted by Crippen LogP contribution is -2.44. The quantitative estimate of drug-likeness (QED) is 0.594. The standard InChI is InChI=1S/C27H28N2O3/c1-19-16-25(27(31)32)24(17-23(19)21-10-6-3-7-11-21)26(30)28-22-12-14-29(15-13-22)18-20-8-4-2-5-9-20/h2-11,16-17,22H,12-15,18H2,1H3,(H,28,30)(H,31,32). The second-order valence-electron chi connectivity index (χ2n) is 8.39. The number of benzene rings is 3. The van der Waals surface area contributed by atoms with E-state index in [0.29, 0.717) is 0 Å². The Hall–Kier alpha value is -3.44. The molecule has 32 heavy (non-hydrogen) atoms. The van der Waals surface area contributed by atoms with Crippen LogP contribution in [-0.4, -0.2) is 41.0 Å². The van der Waals surface area contributed by atoms with Gasteiger partial charge in [0.05, 0.1) is 11.1 Å². The molecule has 0 saturated carbocycles. The molecule has 1 aliphatic rings. The minimum absolute atomic E-state index is 0.0395. The Morgan fingerprint density at radius 2 is 1.56 bits per heavy atom. The maximum absolute atomic E-state index is 13.1. The maximum atomic E-state index is 13.1. The zero-order valence-corrected chi connectivity index (χ0v) is 18.3. The van der Waals surface area contributed by atoms with Crippen molar-refractivity contribution in [3.05, 3.63) is 95.1 Å². The SMILES string of the molecule is Cc1cc(C(=O)O)c(C(=O)NC2CCN(Cc3ccccc3)CC2)cc1-c1ccccc1. The van der Waals surface area contributed by atoms with Crippen LogP contribution in [0.3, 0.4) is 0 Å². The van der Waals surface area contributed by atoms with Crippen LogP contribution >= 0.6 is 0 Å². The number of hydrogen-bond donors (Lipinski definition) is 2. The lowest BCUT2D eigenvalue weighted by atomic mass is 9.93. The van der Waals surface area contributed by atoms with Gasteiger partial charge >= 0.3 is 5.97 Å². The fraction of sp³-hybridized carbons (Fsp3) is 0.259. The summed E-state index contributed by atoms with van der Waals surface area (Å²) >= 11 is 0. The molecule has 0 unspecified atom stereocenters. The largest absolute Gasteiger partial charge is 0.478 e. The van der Waals surface area contributed by atoms with Gasteiger partial charge in [0.1, 0.15) is 0 Å². The first kappa shape index (κ1) is 21.8. The Bertz CT molecular complexity index is 1090. The first-order valence-electron chi connectivity index (χ1n) is 11.0. The zero-order valence-electron chi connectivity index (χ0n) is 18.3. The van der Waals surface area contributed by atoms with Gasteiger partial charge in [0.15, 0.2) is 0 Å². The summed E-state index contributed by atoms with van der Waals surface area (Å²) in [5.74, 6) is -1.41. The van der Waals surface area contributed by atoms with E-state index in [-0.39, 0.29) is 23.1 Å². The van der Waals surface area contributed by atoms with Gasteiger partial charge in [-0.2, -0.15) is 0 Å². The first-order valence-corrected chi connectivity index (χ1v) is 11.0. The summed E-state index contributed by atoms with van der Waals surface area (Å²) in [5, 5.41) is 12.8. The predicted molar refractivity (Wildman–Crippen MR) is 126 cm³/mol. The molecule has 1 heterocycles. The number of nitrogens with zero attached hydrogens (tertiary/aromatic N) is 1. The van der Waals surface area contributed by atoms with Crippen molar-refractivity contribution in [2.24, 2.45) is 0 Å². The molecule has 3 aromatic carbocycles. The van der Waals surface area contributed by atoms with Gasteiger partial charge in [0.25, 0.3) is 5.91 Å². The van der Waals surface area contributed by atoms with Crippen LogP contribution in [-0.2, 0) is 6.54 Å². The number of amides is 1. The first-order chi connectivity index (χ1) is 15.5. The molecule has 0 aliphatic carbocycles. The summed E-state index contributed by atoms with van der Waals surface area (Å²) < 4.78 is 0. The van der Waals surface area contributed by atoms with Gasteiger partial charge in [-0.3, -0.25) is 9.69 Å². The van der Waals surface area contributed by atoms with E-state index in [4.69, 9.17) is 0 Å². The van der Waals surface area contributed by atoms with Gasteiger partial charge in [-0.25, -0.2) is 4.79 Å². The number of carboxylic acids is 1. The zero-order chi connectivity index (χ0) is 22.5. The number of carbonyl (C=O) groups is 2. The molecule has 3 aromatic rings. The van der Waals surface area contributed by atoms with Crippen molar-refractivity contribution in [3.63, 3.8) is 0 Å². The summed E-state index contributed by atoms with van der Waals surface area (Å²) in [6, 6.07) is 23.5. The highest BCUT2D eigenvalue weighted by molar-refractivity contribution is 6.06. The number of carboxylic acid groups (broad SMARTS) is 1. The van der Waals surface area contributed by atoms with E-state index in [2.05, 4.69) is 22.3 Å². The molecule has 1 aliphatic heterocycles. The van der Waals surface area contributed by atoms with Crippen LogP contribution in [0.25, 0.3) is 11.1 Å². The summed E-state index contributed by atoms with van der Waals surface area (Å²) in [6.45, 7) is 4.57. The minimum Gasteiger partial charge on any atom is -0.478 e. The van der Waals surface area contributed by atoms with Crippen molar-refractivity contribution in [2.45, 2.75) is 32.4 Å². The lowest BCUT2D eigenvalue weighted by Gasteiger charge is -2.32. The Morgan fingerprint density at radius 3 is 2.19 bits per heavy atom. The van der Waals surface area contributed by atoms with Crippen molar-refractivity contribution in [2.75, 3.05) is 13.1 Å². The van der Waals surface area contributed by atoms with Gasteiger partial charge in [-0.05, 0) is 54.2 Å². The highest BCUT2D eigenvalue weighted by atomic mass is 16.4. The van der Waals surface area contributed by atoms with Crippen LogP contribution in [0.15, 0.2) is 72.8 Å². The maximum Gasteiger partial charge on any atom is 0.336 e. The van der Waals surface area contributed by atoms with Crippen LogP contribution in [0.5, 0.6) is 0 Å². The monoisotopic (exact) mass is 428 g/mol. The highest BCUT2D eigenvalue weighted by Gasteiger charge is 2.24. The van der Waals surface area contributed by atoms with E-state index in [1.54, 1.807) is 12.1 Å². The fourth-order valence-corrected chi connectivity index (χ4v) is 4.34. The van der Waals surface area contributed by atoms with Gasteiger partial charge < -0.3 is 10.4 Å². The highest BCUT2D eigenvalue weighted by Crippen LogP contribution is 2.27. The molecule has 0 radical (unpaired) electrons. The molecule has 5 heteroatoms. The molecule has 0 atom stereocenters. The number of piperidine rings is 1. The molecule has 0 spiro atoms. The third kappa shape index (κ3) is 5.06. The molecule has 0 aromatic heterocycles. The van der Waals surface area contributed by atoms with Crippen molar-refractivity contribution in [3.8, 4) is 11.1 Å². The number of nitrogens with one attached hydrogen (secondary N) is 1. The lowest BCUT2D eigenvalue weighted by molar-refractivity contribution is 0.0689. The van der Waals surface area contributed by atoms with E-state index in [0.717, 1.165) is 49.2 Å². The van der Waals surface area contributed by atoms with Crippen LogP contribution < -0.4 is 5.32 Å². The summed E-state index contributed by atoms with van der Waals surface area (Å²) in [7, 11) is 0. The van der Waals surface area contributed by atoms with Crippen LogP contribution in [0.4, 0.5) is 0 Å². The van der Waals surface area contributed by atoms with Gasteiger partial charge in [-0.15, -0.1) is 0 Å². The number of carbonyl (C=O) groups excluding carboxylic acids is 1.